The summed E-state index contributed by atoms with van der Waals surface area (Å²) < 4.78 is 14.9. The molecule has 198 valence electrons. The molecule has 8 nitrogen and oxygen atoms in total. The van der Waals surface area contributed by atoms with Crippen molar-refractivity contribution in [3.05, 3.63) is 88.9 Å². The van der Waals surface area contributed by atoms with E-state index < -0.39 is 11.6 Å². The Kier molecular flexibility index (Phi) is 7.10. The second kappa shape index (κ2) is 10.5. The monoisotopic (exact) mass is 515 g/mol. The third-order valence-electron chi connectivity index (χ3n) is 6.85. The number of hydrogen-bond donors (Lipinski definition) is 0. The van der Waals surface area contributed by atoms with Gasteiger partial charge in [-0.1, -0.05) is 18.2 Å². The zero-order chi connectivity index (χ0) is 26.9. The van der Waals surface area contributed by atoms with E-state index in [0.717, 1.165) is 28.7 Å². The van der Waals surface area contributed by atoms with Crippen molar-refractivity contribution >= 4 is 22.6 Å². The molecule has 5 rings (SSSR count). The number of aromatic nitrogens is 2. The van der Waals surface area contributed by atoms with Crippen LogP contribution in [0.5, 0.6) is 5.75 Å². The van der Waals surface area contributed by atoms with Crippen molar-refractivity contribution in [3.8, 4) is 5.75 Å². The second-order valence-corrected chi connectivity index (χ2v) is 8.90. The molecule has 0 bridgehead atoms. The molecule has 38 heavy (non-hydrogen) atoms. The molecule has 1 aliphatic heterocycles. The van der Waals surface area contributed by atoms with Crippen molar-refractivity contribution in [2.24, 2.45) is 0 Å². The quantitative estimate of drug-likeness (QED) is 0.191. The van der Waals surface area contributed by atoms with Crippen LogP contribution in [0.1, 0.15) is 60.6 Å². The van der Waals surface area contributed by atoms with Crippen LogP contribution in [0.3, 0.4) is 0 Å². The first-order valence-electron chi connectivity index (χ1n) is 13.1. The van der Waals surface area contributed by atoms with Gasteiger partial charge in [0.2, 0.25) is 5.60 Å². The molecule has 4 aromatic rings. The van der Waals surface area contributed by atoms with Gasteiger partial charge in [-0.25, -0.2) is 14.5 Å². The van der Waals surface area contributed by atoms with E-state index in [1.165, 1.54) is 5.23 Å². The van der Waals surface area contributed by atoms with Crippen LogP contribution in [0.25, 0.3) is 10.9 Å². The molecular formula is C30H33N3O5. The van der Waals surface area contributed by atoms with Gasteiger partial charge >= 0.3 is 5.97 Å². The van der Waals surface area contributed by atoms with Gasteiger partial charge in [0.05, 0.1) is 31.1 Å². The number of rotatable bonds is 10. The number of ether oxygens (including phenoxy) is 2. The van der Waals surface area contributed by atoms with Gasteiger partial charge in [-0.3, -0.25) is 4.98 Å². The molecule has 0 saturated heterocycles. The number of cyclic esters (lactones) is 1. The van der Waals surface area contributed by atoms with Crippen molar-refractivity contribution in [2.45, 2.75) is 46.8 Å². The normalized spacial score (nSPS) is 16.5. The maximum absolute atomic E-state index is 13.4. The molecule has 0 fully saturated rings. The molecule has 0 N–H and O–H groups in total. The fourth-order valence-electron chi connectivity index (χ4n) is 5.47. The van der Waals surface area contributed by atoms with Crippen LogP contribution >= 0.6 is 0 Å². The third-order valence-corrected chi connectivity index (χ3v) is 6.85. The molecule has 2 aromatic carbocycles. The van der Waals surface area contributed by atoms with Crippen LogP contribution < -0.4 is 9.96 Å². The predicted octanol–water partition coefficient (Wildman–Crippen LogP) is 5.94. The number of para-hydroxylation sites is 1. The fraction of sp³-hybridized carbons (Fsp3) is 0.333. The lowest BCUT2D eigenvalue weighted by Gasteiger charge is -2.32. The zero-order valence-corrected chi connectivity index (χ0v) is 22.5. The number of pyridine rings is 1. The minimum absolute atomic E-state index is 0.411. The average Bonchev–Trinajstić information content (AvgIpc) is 3.39. The standard InChI is InChI=1S/C30H33N3O5/c1-6-32-20(5)27(22-13-10-11-15-25(22)32)30(28-23(29(34)38-30)14-12-18-31-28)24-17-16-21(19-26(24)35-7-2)33(36-8-3)37-9-4/h10-19H,6-9H2,1-5H3. The van der Waals surface area contributed by atoms with E-state index in [0.29, 0.717) is 48.1 Å². The first-order chi connectivity index (χ1) is 18.5. The number of nitrogens with zero attached hydrogens (tertiary/aromatic N) is 3. The Morgan fingerprint density at radius 2 is 1.74 bits per heavy atom. The number of esters is 1. The highest BCUT2D eigenvalue weighted by Crippen LogP contribution is 2.52. The van der Waals surface area contributed by atoms with Gasteiger partial charge in [-0.15, -0.1) is 5.23 Å². The fourth-order valence-corrected chi connectivity index (χ4v) is 5.47. The summed E-state index contributed by atoms with van der Waals surface area (Å²) in [5.41, 5.74) is 3.96. The third kappa shape index (κ3) is 3.92. The van der Waals surface area contributed by atoms with Gasteiger partial charge in [0.25, 0.3) is 0 Å². The maximum atomic E-state index is 13.4. The summed E-state index contributed by atoms with van der Waals surface area (Å²) in [5, 5.41) is 2.38. The zero-order valence-electron chi connectivity index (χ0n) is 22.5. The Morgan fingerprint density at radius 1 is 0.974 bits per heavy atom. The minimum Gasteiger partial charge on any atom is -0.493 e. The molecule has 1 unspecified atom stereocenters. The Hall–Kier alpha value is -3.88. The van der Waals surface area contributed by atoms with Gasteiger partial charge in [-0.05, 0) is 65.0 Å². The molecule has 1 atom stereocenters. The molecule has 0 radical (unpaired) electrons. The van der Waals surface area contributed by atoms with Gasteiger partial charge < -0.3 is 14.0 Å². The maximum Gasteiger partial charge on any atom is 0.341 e. The van der Waals surface area contributed by atoms with Crippen molar-refractivity contribution < 1.29 is 23.9 Å². The topological polar surface area (TPSA) is 75.1 Å². The summed E-state index contributed by atoms with van der Waals surface area (Å²) >= 11 is 0. The number of anilines is 1. The molecule has 0 aliphatic carbocycles. The summed E-state index contributed by atoms with van der Waals surface area (Å²) in [4.78, 5) is 29.6. The second-order valence-electron chi connectivity index (χ2n) is 8.90. The van der Waals surface area contributed by atoms with Crippen LogP contribution in [0.2, 0.25) is 0 Å². The largest absolute Gasteiger partial charge is 0.493 e. The smallest absolute Gasteiger partial charge is 0.341 e. The van der Waals surface area contributed by atoms with Crippen LogP contribution in [-0.4, -0.2) is 35.3 Å². The van der Waals surface area contributed by atoms with Crippen molar-refractivity contribution in [1.82, 2.24) is 9.55 Å². The summed E-state index contributed by atoms with van der Waals surface area (Å²) in [7, 11) is 0. The highest BCUT2D eigenvalue weighted by atomic mass is 16.9. The predicted molar refractivity (Wildman–Crippen MR) is 145 cm³/mol. The van der Waals surface area contributed by atoms with Crippen LogP contribution in [0.4, 0.5) is 5.69 Å². The Bertz CT molecular complexity index is 1470. The Morgan fingerprint density at radius 3 is 2.45 bits per heavy atom. The highest BCUT2D eigenvalue weighted by Gasteiger charge is 2.54. The molecule has 3 heterocycles. The summed E-state index contributed by atoms with van der Waals surface area (Å²) in [6, 6.07) is 17.4. The van der Waals surface area contributed by atoms with Crippen molar-refractivity contribution in [1.29, 1.82) is 0 Å². The van der Waals surface area contributed by atoms with Gasteiger partial charge in [-0.2, -0.15) is 0 Å². The van der Waals surface area contributed by atoms with E-state index >= 15 is 0 Å². The Labute approximate surface area is 222 Å². The molecule has 1 aliphatic rings. The van der Waals surface area contributed by atoms with E-state index in [-0.39, 0.29) is 0 Å². The molecular weight excluding hydrogens is 482 g/mol. The lowest BCUT2D eigenvalue weighted by atomic mass is 9.80. The van der Waals surface area contributed by atoms with Crippen LogP contribution in [0, 0.1) is 6.92 Å². The summed E-state index contributed by atoms with van der Waals surface area (Å²) in [5.74, 6) is 0.131. The first kappa shape index (κ1) is 25.8. The van der Waals surface area contributed by atoms with Crippen molar-refractivity contribution in [3.63, 3.8) is 0 Å². The number of fused-ring (bicyclic) bond motifs is 2. The lowest BCUT2D eigenvalue weighted by molar-refractivity contribution is -0.0818. The number of carbonyl (C=O) groups excluding carboxylic acids is 1. The number of aryl methyl sites for hydroxylation is 1. The number of benzene rings is 2. The molecule has 0 saturated carbocycles. The lowest BCUT2D eigenvalue weighted by Crippen LogP contribution is -2.32. The van der Waals surface area contributed by atoms with E-state index in [4.69, 9.17) is 24.1 Å². The van der Waals surface area contributed by atoms with Crippen molar-refractivity contribution in [2.75, 3.05) is 25.0 Å². The van der Waals surface area contributed by atoms with E-state index in [9.17, 15) is 4.79 Å². The number of hydrogen-bond acceptors (Lipinski definition) is 7. The SMILES string of the molecule is CCOc1cc(N(OCC)OCC)ccc1C1(c2c(C)n(CC)c3ccccc23)OC(=O)c2cccnc21. The molecule has 2 aromatic heterocycles. The van der Waals surface area contributed by atoms with Crippen LogP contribution in [0.15, 0.2) is 60.8 Å². The van der Waals surface area contributed by atoms with Crippen LogP contribution in [-0.2, 0) is 26.6 Å². The summed E-state index contributed by atoms with van der Waals surface area (Å²) in [6.45, 7) is 11.9. The van der Waals surface area contributed by atoms with E-state index in [1.807, 2.05) is 51.1 Å². The van der Waals surface area contributed by atoms with E-state index in [1.54, 1.807) is 18.3 Å². The first-order valence-corrected chi connectivity index (χ1v) is 13.1. The molecule has 8 heteroatoms. The van der Waals surface area contributed by atoms with Gasteiger partial charge in [0.15, 0.2) is 0 Å². The highest BCUT2D eigenvalue weighted by molar-refractivity contribution is 5.98. The Balaban J connectivity index is 1.86. The van der Waals surface area contributed by atoms with E-state index in [2.05, 4.69) is 30.5 Å². The summed E-state index contributed by atoms with van der Waals surface area (Å²) in [6.07, 6.45) is 1.70. The van der Waals surface area contributed by atoms with Gasteiger partial charge in [0.1, 0.15) is 11.4 Å². The molecule has 0 amide bonds. The molecule has 0 spiro atoms. The number of carbonyl (C=O) groups is 1. The van der Waals surface area contributed by atoms with Gasteiger partial charge in [0, 0.05) is 46.5 Å². The average molecular weight is 516 g/mol. The minimum atomic E-state index is -1.32.